The number of benzene rings is 6. The van der Waals surface area contributed by atoms with Crippen LogP contribution in [0.2, 0.25) is 0 Å². The Kier molecular flexibility index (Phi) is 6.89. The molecule has 0 aliphatic carbocycles. The average molecular weight is 562 g/mol. The molecule has 0 spiro atoms. The van der Waals surface area contributed by atoms with E-state index >= 15 is 0 Å². The number of rotatable bonds is 5. The fourth-order valence-corrected chi connectivity index (χ4v) is 5.36. The van der Waals surface area contributed by atoms with E-state index in [1.807, 2.05) is 91.0 Å². The standard InChI is InChI=1S/C39H23N5/c40-24-26-20-27(25-41)22-34(21-26)33-19-16-28-12-7-13-35(36(28)23-33)29-14-17-32(18-15-29)39-43-37(30-8-3-1-4-9-30)42-38(44-39)31-10-5-2-6-11-31/h1-23H. The van der Waals surface area contributed by atoms with Crippen molar-refractivity contribution in [1.82, 2.24) is 15.0 Å². The molecule has 1 heterocycles. The molecule has 204 valence electrons. The van der Waals surface area contributed by atoms with Crippen LogP contribution in [-0.2, 0) is 0 Å². The zero-order valence-corrected chi connectivity index (χ0v) is 23.5. The van der Waals surface area contributed by atoms with Gasteiger partial charge in [0.05, 0.1) is 23.3 Å². The summed E-state index contributed by atoms with van der Waals surface area (Å²) in [5.41, 5.74) is 7.60. The van der Waals surface area contributed by atoms with Gasteiger partial charge in [-0.1, -0.05) is 115 Å². The maximum atomic E-state index is 9.47. The van der Waals surface area contributed by atoms with Gasteiger partial charge in [0.1, 0.15) is 0 Å². The van der Waals surface area contributed by atoms with Crippen LogP contribution in [0.5, 0.6) is 0 Å². The maximum absolute atomic E-state index is 9.47. The van der Waals surface area contributed by atoms with Crippen molar-refractivity contribution >= 4 is 10.8 Å². The van der Waals surface area contributed by atoms with Crippen molar-refractivity contribution in [2.24, 2.45) is 0 Å². The first-order valence-electron chi connectivity index (χ1n) is 14.1. The van der Waals surface area contributed by atoms with E-state index < -0.39 is 0 Å². The van der Waals surface area contributed by atoms with Crippen LogP contribution < -0.4 is 0 Å². The van der Waals surface area contributed by atoms with Crippen LogP contribution in [-0.4, -0.2) is 15.0 Å². The summed E-state index contributed by atoms with van der Waals surface area (Å²) < 4.78 is 0. The van der Waals surface area contributed by atoms with Gasteiger partial charge >= 0.3 is 0 Å². The first kappa shape index (κ1) is 26.5. The summed E-state index contributed by atoms with van der Waals surface area (Å²) in [5.74, 6) is 1.86. The molecule has 0 aliphatic rings. The highest BCUT2D eigenvalue weighted by Gasteiger charge is 2.13. The van der Waals surface area contributed by atoms with Crippen molar-refractivity contribution in [3.63, 3.8) is 0 Å². The van der Waals surface area contributed by atoms with E-state index in [4.69, 9.17) is 15.0 Å². The van der Waals surface area contributed by atoms with Crippen LogP contribution in [0.4, 0.5) is 0 Å². The van der Waals surface area contributed by atoms with Gasteiger partial charge in [0.25, 0.3) is 0 Å². The largest absolute Gasteiger partial charge is 0.208 e. The van der Waals surface area contributed by atoms with Gasteiger partial charge in [-0.3, -0.25) is 0 Å². The molecule has 7 aromatic rings. The molecule has 0 saturated carbocycles. The zero-order valence-electron chi connectivity index (χ0n) is 23.5. The third kappa shape index (κ3) is 5.18. The Hall–Kier alpha value is -6.43. The molecule has 0 saturated heterocycles. The smallest absolute Gasteiger partial charge is 0.164 e. The summed E-state index contributed by atoms with van der Waals surface area (Å²) in [7, 11) is 0. The van der Waals surface area contributed by atoms with Gasteiger partial charge in [-0.25, -0.2) is 15.0 Å². The quantitative estimate of drug-likeness (QED) is 0.209. The van der Waals surface area contributed by atoms with E-state index in [1.165, 1.54) is 0 Å². The molecule has 0 N–H and O–H groups in total. The predicted molar refractivity (Wildman–Crippen MR) is 174 cm³/mol. The monoisotopic (exact) mass is 561 g/mol. The third-order valence-corrected chi connectivity index (χ3v) is 7.56. The molecule has 0 amide bonds. The molecule has 7 rings (SSSR count). The average Bonchev–Trinajstić information content (AvgIpc) is 3.11. The van der Waals surface area contributed by atoms with Gasteiger partial charge < -0.3 is 0 Å². The first-order valence-corrected chi connectivity index (χ1v) is 14.1. The maximum Gasteiger partial charge on any atom is 0.164 e. The number of hydrogen-bond donors (Lipinski definition) is 0. The Bertz CT molecular complexity index is 2140. The highest BCUT2D eigenvalue weighted by molar-refractivity contribution is 5.99. The summed E-state index contributed by atoms with van der Waals surface area (Å²) in [6.07, 6.45) is 0. The van der Waals surface area contributed by atoms with Gasteiger partial charge in [-0.2, -0.15) is 10.5 Å². The highest BCUT2D eigenvalue weighted by Crippen LogP contribution is 2.34. The lowest BCUT2D eigenvalue weighted by molar-refractivity contribution is 1.07. The molecular weight excluding hydrogens is 538 g/mol. The van der Waals surface area contributed by atoms with E-state index in [-0.39, 0.29) is 0 Å². The summed E-state index contributed by atoms with van der Waals surface area (Å²) in [6, 6.07) is 50.2. The Morgan fingerprint density at radius 1 is 0.386 bits per heavy atom. The van der Waals surface area contributed by atoms with Crippen LogP contribution in [0, 0.1) is 22.7 Å². The number of nitrogens with zero attached hydrogens (tertiary/aromatic N) is 5. The summed E-state index contributed by atoms with van der Waals surface area (Å²) in [4.78, 5) is 14.5. The van der Waals surface area contributed by atoms with Gasteiger partial charge in [0, 0.05) is 16.7 Å². The van der Waals surface area contributed by atoms with Crippen LogP contribution in [0.1, 0.15) is 11.1 Å². The minimum absolute atomic E-state index is 0.465. The third-order valence-electron chi connectivity index (χ3n) is 7.56. The van der Waals surface area contributed by atoms with Crippen molar-refractivity contribution in [3.8, 4) is 68.6 Å². The van der Waals surface area contributed by atoms with Crippen molar-refractivity contribution < 1.29 is 0 Å². The fourth-order valence-electron chi connectivity index (χ4n) is 5.36. The summed E-state index contributed by atoms with van der Waals surface area (Å²) in [5, 5.41) is 21.1. The number of hydrogen-bond acceptors (Lipinski definition) is 5. The molecule has 5 nitrogen and oxygen atoms in total. The van der Waals surface area contributed by atoms with Crippen molar-refractivity contribution in [2.75, 3.05) is 0 Å². The zero-order chi connectivity index (χ0) is 29.9. The van der Waals surface area contributed by atoms with Gasteiger partial charge in [0.15, 0.2) is 17.5 Å². The van der Waals surface area contributed by atoms with Gasteiger partial charge in [0.2, 0.25) is 0 Å². The Balaban J connectivity index is 1.30. The highest BCUT2D eigenvalue weighted by atomic mass is 15.0. The second kappa shape index (κ2) is 11.4. The molecule has 5 heteroatoms. The van der Waals surface area contributed by atoms with Crippen LogP contribution in [0.25, 0.3) is 67.2 Å². The lowest BCUT2D eigenvalue weighted by atomic mass is 9.93. The van der Waals surface area contributed by atoms with Crippen molar-refractivity contribution in [2.45, 2.75) is 0 Å². The SMILES string of the molecule is N#Cc1cc(C#N)cc(-c2ccc3cccc(-c4ccc(-c5nc(-c6ccccc6)nc(-c6ccccc6)n5)cc4)c3c2)c1. The first-order chi connectivity index (χ1) is 21.7. The number of aromatic nitrogens is 3. The Morgan fingerprint density at radius 3 is 1.43 bits per heavy atom. The molecular formula is C39H23N5. The molecule has 0 unspecified atom stereocenters. The normalized spacial score (nSPS) is 10.7. The minimum atomic E-state index is 0.465. The molecule has 0 fully saturated rings. The fraction of sp³-hybridized carbons (Fsp3) is 0. The van der Waals surface area contributed by atoms with Crippen LogP contribution in [0.15, 0.2) is 140 Å². The Labute approximate surface area is 255 Å². The van der Waals surface area contributed by atoms with Crippen LogP contribution >= 0.6 is 0 Å². The van der Waals surface area contributed by atoms with Gasteiger partial charge in [-0.05, 0) is 57.3 Å². The molecule has 0 bridgehead atoms. The lowest BCUT2D eigenvalue weighted by Gasteiger charge is -2.11. The molecule has 0 radical (unpaired) electrons. The van der Waals surface area contributed by atoms with Crippen molar-refractivity contribution in [3.05, 3.63) is 151 Å². The minimum Gasteiger partial charge on any atom is -0.208 e. The van der Waals surface area contributed by atoms with Gasteiger partial charge in [-0.15, -0.1) is 0 Å². The Morgan fingerprint density at radius 2 is 0.886 bits per heavy atom. The van der Waals surface area contributed by atoms with E-state index in [1.54, 1.807) is 6.07 Å². The van der Waals surface area contributed by atoms with E-state index in [2.05, 4.69) is 54.6 Å². The molecule has 6 aromatic carbocycles. The molecule has 0 atom stereocenters. The topological polar surface area (TPSA) is 86.2 Å². The van der Waals surface area contributed by atoms with Crippen LogP contribution in [0.3, 0.4) is 0 Å². The lowest BCUT2D eigenvalue weighted by Crippen LogP contribution is -2.00. The second-order valence-corrected chi connectivity index (χ2v) is 10.4. The second-order valence-electron chi connectivity index (χ2n) is 10.4. The summed E-state index contributed by atoms with van der Waals surface area (Å²) in [6.45, 7) is 0. The summed E-state index contributed by atoms with van der Waals surface area (Å²) >= 11 is 0. The molecule has 44 heavy (non-hydrogen) atoms. The molecule has 1 aromatic heterocycles. The van der Waals surface area contributed by atoms with Crippen molar-refractivity contribution in [1.29, 1.82) is 10.5 Å². The number of fused-ring (bicyclic) bond motifs is 1. The molecule has 0 aliphatic heterocycles. The predicted octanol–water partition coefficient (Wildman–Crippen LogP) is 9.10. The van der Waals surface area contributed by atoms with E-state index in [0.717, 1.165) is 49.7 Å². The van der Waals surface area contributed by atoms with E-state index in [9.17, 15) is 10.5 Å². The van der Waals surface area contributed by atoms with E-state index in [0.29, 0.717) is 28.6 Å². The number of nitriles is 2.